The Kier molecular flexibility index (Phi) is 3.55. The Labute approximate surface area is 118 Å². The van der Waals surface area contributed by atoms with Crippen molar-refractivity contribution in [3.05, 3.63) is 22.4 Å². The van der Waals surface area contributed by atoms with Gasteiger partial charge in [0.2, 0.25) is 5.92 Å². The summed E-state index contributed by atoms with van der Waals surface area (Å²) in [7, 11) is 0. The molecule has 0 saturated heterocycles. The van der Waals surface area contributed by atoms with Gasteiger partial charge in [-0.15, -0.1) is 10.2 Å². The van der Waals surface area contributed by atoms with Crippen molar-refractivity contribution in [1.82, 2.24) is 19.6 Å². The molecule has 0 radical (unpaired) electrons. The fourth-order valence-corrected chi connectivity index (χ4v) is 2.11. The molecule has 2 heterocycles. The van der Waals surface area contributed by atoms with E-state index in [-0.39, 0.29) is 22.2 Å². The molecule has 11 heteroatoms. The third kappa shape index (κ3) is 2.63. The number of alkyl halides is 6. The first kappa shape index (κ1) is 15.8. The molecule has 0 amide bonds. The van der Waals surface area contributed by atoms with Crippen LogP contribution in [0, 0.1) is 13.8 Å². The van der Waals surface area contributed by atoms with Crippen molar-refractivity contribution in [2.75, 3.05) is 0 Å². The zero-order valence-corrected chi connectivity index (χ0v) is 11.3. The van der Waals surface area contributed by atoms with Crippen molar-refractivity contribution < 1.29 is 26.3 Å². The number of halogens is 7. The molecule has 0 atom stereocenters. The molecule has 2 aromatic heterocycles. The molecule has 116 valence electrons. The summed E-state index contributed by atoms with van der Waals surface area (Å²) in [6.07, 6.45) is -11.1. The van der Waals surface area contributed by atoms with E-state index in [9.17, 15) is 26.3 Å². The van der Waals surface area contributed by atoms with Crippen LogP contribution in [0.1, 0.15) is 23.1 Å². The Morgan fingerprint density at radius 2 is 1.52 bits per heavy atom. The lowest BCUT2D eigenvalue weighted by atomic mass is 10.1. The van der Waals surface area contributed by atoms with Crippen LogP contribution in [0.3, 0.4) is 0 Å². The van der Waals surface area contributed by atoms with E-state index in [1.54, 1.807) is 0 Å². The molecule has 4 nitrogen and oxygen atoms in total. The number of nitrogens with zero attached hydrogens (tertiary/aromatic N) is 4. The molecule has 2 aromatic rings. The van der Waals surface area contributed by atoms with Crippen molar-refractivity contribution in [2.24, 2.45) is 0 Å². The predicted octanol–water partition coefficient (Wildman–Crippen LogP) is 3.60. The zero-order valence-electron chi connectivity index (χ0n) is 10.5. The van der Waals surface area contributed by atoms with Crippen LogP contribution in [0.25, 0.3) is 5.65 Å². The summed E-state index contributed by atoms with van der Waals surface area (Å²) in [5.41, 5.74) is -0.127. The predicted molar refractivity (Wildman–Crippen MR) is 60.1 cm³/mol. The molecule has 21 heavy (non-hydrogen) atoms. The Balaban J connectivity index is 2.83. The first-order valence-corrected chi connectivity index (χ1v) is 5.83. The second-order valence-electron chi connectivity index (χ2n) is 4.31. The van der Waals surface area contributed by atoms with Crippen molar-refractivity contribution in [3.8, 4) is 0 Å². The van der Waals surface area contributed by atoms with E-state index in [0.717, 1.165) is 0 Å². The lowest BCUT2D eigenvalue weighted by Gasteiger charge is -2.22. The standard InChI is InChI=1S/C10H7ClF6N4/c1-3-4(2)21-7(19-20-8(21)6(11)18-3)5(9(12,13)14)10(15,16)17/h5H,1-2H3. The van der Waals surface area contributed by atoms with Gasteiger partial charge in [-0.25, -0.2) is 4.98 Å². The number of rotatable bonds is 1. The average molecular weight is 333 g/mol. The van der Waals surface area contributed by atoms with E-state index in [4.69, 9.17) is 11.6 Å². The first-order valence-electron chi connectivity index (χ1n) is 5.45. The highest BCUT2D eigenvalue weighted by Crippen LogP contribution is 2.46. The highest BCUT2D eigenvalue weighted by atomic mass is 35.5. The lowest BCUT2D eigenvalue weighted by molar-refractivity contribution is -0.255. The molecule has 0 spiro atoms. The van der Waals surface area contributed by atoms with Crippen LogP contribution in [-0.4, -0.2) is 31.9 Å². The maximum Gasteiger partial charge on any atom is 0.407 e. The average Bonchev–Trinajstić information content (AvgIpc) is 2.67. The summed E-state index contributed by atoms with van der Waals surface area (Å²) in [6, 6.07) is 0. The van der Waals surface area contributed by atoms with Crippen LogP contribution < -0.4 is 0 Å². The Morgan fingerprint density at radius 1 is 1.00 bits per heavy atom. The van der Waals surface area contributed by atoms with Crippen molar-refractivity contribution in [3.63, 3.8) is 0 Å². The first-order chi connectivity index (χ1) is 9.44. The van der Waals surface area contributed by atoms with Gasteiger partial charge in [-0.1, -0.05) is 11.6 Å². The largest absolute Gasteiger partial charge is 0.407 e. The summed E-state index contributed by atoms with van der Waals surface area (Å²) in [6.45, 7) is 2.71. The summed E-state index contributed by atoms with van der Waals surface area (Å²) >= 11 is 5.68. The monoisotopic (exact) mass is 332 g/mol. The Bertz CT molecular complexity index is 675. The number of aryl methyl sites for hydroxylation is 2. The molecule has 0 saturated carbocycles. The summed E-state index contributed by atoms with van der Waals surface area (Å²) in [5, 5.41) is 6.01. The topological polar surface area (TPSA) is 43.1 Å². The van der Waals surface area contributed by atoms with Crippen LogP contribution in [0.15, 0.2) is 0 Å². The molecule has 0 aromatic carbocycles. The quantitative estimate of drug-likeness (QED) is 0.749. The SMILES string of the molecule is Cc1nc(Cl)c2nnc(C(C(F)(F)F)C(F)(F)F)n2c1C. The van der Waals surface area contributed by atoms with E-state index in [1.165, 1.54) is 13.8 Å². The minimum Gasteiger partial charge on any atom is -0.278 e. The zero-order chi connectivity index (χ0) is 16.2. The van der Waals surface area contributed by atoms with Gasteiger partial charge in [-0.3, -0.25) is 4.40 Å². The highest BCUT2D eigenvalue weighted by molar-refractivity contribution is 6.32. The molecule has 0 N–H and O–H groups in total. The summed E-state index contributed by atoms with van der Waals surface area (Å²) < 4.78 is 77.4. The van der Waals surface area contributed by atoms with E-state index in [1.807, 2.05) is 0 Å². The molecular weight excluding hydrogens is 326 g/mol. The Hall–Kier alpha value is -1.58. The van der Waals surface area contributed by atoms with Crippen LogP contribution >= 0.6 is 11.6 Å². The van der Waals surface area contributed by atoms with Crippen LogP contribution in [0.4, 0.5) is 26.3 Å². The molecule has 2 rings (SSSR count). The van der Waals surface area contributed by atoms with Crippen molar-refractivity contribution >= 4 is 17.2 Å². The number of hydrogen-bond donors (Lipinski definition) is 0. The number of aromatic nitrogens is 4. The summed E-state index contributed by atoms with van der Waals surface area (Å²) in [4.78, 5) is 3.78. The molecule has 0 unspecified atom stereocenters. The Morgan fingerprint density at radius 3 is 2.00 bits per heavy atom. The molecule has 0 bridgehead atoms. The minimum absolute atomic E-state index is 0.0490. The maximum absolute atomic E-state index is 12.8. The van der Waals surface area contributed by atoms with Gasteiger partial charge in [0.05, 0.1) is 5.69 Å². The maximum atomic E-state index is 12.8. The van der Waals surface area contributed by atoms with Crippen molar-refractivity contribution in [2.45, 2.75) is 32.1 Å². The molecule has 0 fully saturated rings. The number of hydrogen-bond acceptors (Lipinski definition) is 3. The van der Waals surface area contributed by atoms with Gasteiger partial charge in [-0.05, 0) is 13.8 Å². The van der Waals surface area contributed by atoms with E-state index in [2.05, 4.69) is 15.2 Å². The summed E-state index contributed by atoms with van der Waals surface area (Å²) in [5.74, 6) is -5.04. The van der Waals surface area contributed by atoms with Crippen molar-refractivity contribution in [1.29, 1.82) is 0 Å². The highest BCUT2D eigenvalue weighted by Gasteiger charge is 2.60. The van der Waals surface area contributed by atoms with Gasteiger partial charge in [-0.2, -0.15) is 26.3 Å². The van der Waals surface area contributed by atoms with E-state index >= 15 is 0 Å². The van der Waals surface area contributed by atoms with Gasteiger partial charge < -0.3 is 0 Å². The third-order valence-electron chi connectivity index (χ3n) is 2.91. The van der Waals surface area contributed by atoms with Crippen LogP contribution in [0.5, 0.6) is 0 Å². The van der Waals surface area contributed by atoms with Gasteiger partial charge in [0.1, 0.15) is 0 Å². The fourth-order valence-electron chi connectivity index (χ4n) is 1.87. The van der Waals surface area contributed by atoms with Gasteiger partial charge in [0, 0.05) is 5.69 Å². The molecular formula is C10H7ClF6N4. The van der Waals surface area contributed by atoms with Gasteiger partial charge in [0.15, 0.2) is 16.6 Å². The normalized spacial score (nSPS) is 13.4. The van der Waals surface area contributed by atoms with Gasteiger partial charge in [0.25, 0.3) is 0 Å². The molecule has 0 aliphatic carbocycles. The third-order valence-corrected chi connectivity index (χ3v) is 3.16. The lowest BCUT2D eigenvalue weighted by Crippen LogP contribution is -2.35. The fraction of sp³-hybridized carbons (Fsp3) is 0.500. The second kappa shape index (κ2) is 4.72. The number of fused-ring (bicyclic) bond motifs is 1. The smallest absolute Gasteiger partial charge is 0.278 e. The second-order valence-corrected chi connectivity index (χ2v) is 4.66. The van der Waals surface area contributed by atoms with E-state index in [0.29, 0.717) is 4.40 Å². The van der Waals surface area contributed by atoms with E-state index < -0.39 is 24.1 Å². The van der Waals surface area contributed by atoms with Crippen LogP contribution in [0.2, 0.25) is 5.15 Å². The van der Waals surface area contributed by atoms with Gasteiger partial charge >= 0.3 is 12.4 Å². The molecule has 0 aliphatic heterocycles. The minimum atomic E-state index is -5.56. The molecule has 0 aliphatic rings. The van der Waals surface area contributed by atoms with Crippen LogP contribution in [-0.2, 0) is 0 Å².